The quantitative estimate of drug-likeness (QED) is 0.753. The summed E-state index contributed by atoms with van der Waals surface area (Å²) in [7, 11) is 2.04. The van der Waals surface area contributed by atoms with Crippen LogP contribution in [0.5, 0.6) is 0 Å². The molecule has 0 radical (unpaired) electrons. The van der Waals surface area contributed by atoms with Crippen molar-refractivity contribution in [1.82, 2.24) is 5.32 Å². The van der Waals surface area contributed by atoms with Crippen LogP contribution in [0.4, 0.5) is 0 Å². The summed E-state index contributed by atoms with van der Waals surface area (Å²) in [5, 5.41) is 3.33. The summed E-state index contributed by atoms with van der Waals surface area (Å²) in [4.78, 5) is 1.37. The van der Waals surface area contributed by atoms with Gasteiger partial charge in [-0.25, -0.2) is 0 Å². The van der Waals surface area contributed by atoms with Crippen LogP contribution in [-0.4, -0.2) is 18.8 Å². The highest BCUT2D eigenvalue weighted by Crippen LogP contribution is 2.22. The SMILES string of the molecule is CCC(CSc1ccc(C(C)C)cc1)NC. The van der Waals surface area contributed by atoms with Crippen LogP contribution in [0.25, 0.3) is 0 Å². The van der Waals surface area contributed by atoms with E-state index in [1.807, 2.05) is 18.8 Å². The van der Waals surface area contributed by atoms with Crippen molar-refractivity contribution in [3.63, 3.8) is 0 Å². The van der Waals surface area contributed by atoms with Gasteiger partial charge < -0.3 is 5.32 Å². The maximum Gasteiger partial charge on any atom is 0.0156 e. The van der Waals surface area contributed by atoms with Crippen molar-refractivity contribution in [2.75, 3.05) is 12.8 Å². The molecular weight excluding hydrogens is 214 g/mol. The van der Waals surface area contributed by atoms with Crippen molar-refractivity contribution >= 4 is 11.8 Å². The second-order valence-corrected chi connectivity index (χ2v) is 5.52. The molecule has 0 bridgehead atoms. The number of benzene rings is 1. The van der Waals surface area contributed by atoms with Gasteiger partial charge in [-0.15, -0.1) is 11.8 Å². The lowest BCUT2D eigenvalue weighted by Crippen LogP contribution is -2.26. The van der Waals surface area contributed by atoms with E-state index in [2.05, 4.69) is 50.4 Å². The van der Waals surface area contributed by atoms with E-state index in [9.17, 15) is 0 Å². The van der Waals surface area contributed by atoms with Gasteiger partial charge in [0.2, 0.25) is 0 Å². The Labute approximate surface area is 104 Å². The van der Waals surface area contributed by atoms with Crippen LogP contribution in [0.3, 0.4) is 0 Å². The van der Waals surface area contributed by atoms with E-state index in [1.165, 1.54) is 16.9 Å². The standard InChI is InChI=1S/C14H23NS/c1-5-13(15-4)10-16-14-8-6-12(7-9-14)11(2)3/h6-9,11,13,15H,5,10H2,1-4H3. The lowest BCUT2D eigenvalue weighted by atomic mass is 10.0. The van der Waals surface area contributed by atoms with Crippen LogP contribution < -0.4 is 5.32 Å². The summed E-state index contributed by atoms with van der Waals surface area (Å²) < 4.78 is 0. The molecule has 1 aromatic carbocycles. The molecule has 1 unspecified atom stereocenters. The highest BCUT2D eigenvalue weighted by molar-refractivity contribution is 7.99. The molecule has 16 heavy (non-hydrogen) atoms. The largest absolute Gasteiger partial charge is 0.316 e. The third kappa shape index (κ3) is 4.18. The first-order valence-electron chi connectivity index (χ1n) is 6.07. The second-order valence-electron chi connectivity index (χ2n) is 4.43. The van der Waals surface area contributed by atoms with Gasteiger partial charge in [0.15, 0.2) is 0 Å². The van der Waals surface area contributed by atoms with Crippen LogP contribution in [0, 0.1) is 0 Å². The van der Waals surface area contributed by atoms with Crippen molar-refractivity contribution < 1.29 is 0 Å². The third-order valence-electron chi connectivity index (χ3n) is 2.90. The fourth-order valence-corrected chi connectivity index (χ4v) is 2.68. The van der Waals surface area contributed by atoms with Crippen molar-refractivity contribution in [2.45, 2.75) is 44.0 Å². The van der Waals surface area contributed by atoms with Gasteiger partial charge in [-0.3, -0.25) is 0 Å². The highest BCUT2D eigenvalue weighted by Gasteiger charge is 2.04. The molecule has 0 aliphatic rings. The monoisotopic (exact) mass is 237 g/mol. The van der Waals surface area contributed by atoms with Crippen molar-refractivity contribution in [2.24, 2.45) is 0 Å². The van der Waals surface area contributed by atoms with Gasteiger partial charge in [-0.05, 0) is 37.1 Å². The Kier molecular flexibility index (Phi) is 5.93. The predicted octanol–water partition coefficient (Wildman–Crippen LogP) is 3.90. The summed E-state index contributed by atoms with van der Waals surface area (Å²) in [5.41, 5.74) is 1.42. The van der Waals surface area contributed by atoms with Gasteiger partial charge in [-0.2, -0.15) is 0 Å². The van der Waals surface area contributed by atoms with Gasteiger partial charge >= 0.3 is 0 Å². The van der Waals surface area contributed by atoms with E-state index in [0.29, 0.717) is 12.0 Å². The zero-order valence-electron chi connectivity index (χ0n) is 10.8. The van der Waals surface area contributed by atoms with Crippen LogP contribution in [0.15, 0.2) is 29.2 Å². The predicted molar refractivity (Wildman–Crippen MR) is 74.4 cm³/mol. The molecule has 0 spiro atoms. The van der Waals surface area contributed by atoms with Gasteiger partial charge in [-0.1, -0.05) is 32.9 Å². The highest BCUT2D eigenvalue weighted by atomic mass is 32.2. The second kappa shape index (κ2) is 6.97. The normalized spacial score (nSPS) is 13.1. The molecule has 90 valence electrons. The van der Waals surface area contributed by atoms with Crippen LogP contribution in [0.1, 0.15) is 38.7 Å². The first-order chi connectivity index (χ1) is 7.67. The maximum absolute atomic E-state index is 3.33. The number of hydrogen-bond donors (Lipinski definition) is 1. The Morgan fingerprint density at radius 1 is 1.19 bits per heavy atom. The zero-order valence-corrected chi connectivity index (χ0v) is 11.6. The molecule has 0 saturated heterocycles. The summed E-state index contributed by atoms with van der Waals surface area (Å²) in [6, 6.07) is 9.58. The molecule has 0 amide bonds. The molecule has 1 aromatic rings. The van der Waals surface area contributed by atoms with E-state index in [1.54, 1.807) is 0 Å². The number of nitrogens with one attached hydrogen (secondary N) is 1. The number of hydrogen-bond acceptors (Lipinski definition) is 2. The molecule has 0 saturated carbocycles. The molecule has 1 nitrogen and oxygen atoms in total. The van der Waals surface area contributed by atoms with E-state index in [0.717, 1.165) is 5.75 Å². The minimum Gasteiger partial charge on any atom is -0.316 e. The minimum atomic E-state index is 0.620. The molecule has 0 heterocycles. The molecule has 0 aliphatic heterocycles. The Hall–Kier alpha value is -0.470. The summed E-state index contributed by atoms with van der Waals surface area (Å²) in [5.74, 6) is 1.77. The average molecular weight is 237 g/mol. The third-order valence-corrected chi connectivity index (χ3v) is 4.07. The summed E-state index contributed by atoms with van der Waals surface area (Å²) >= 11 is 1.94. The van der Waals surface area contributed by atoms with E-state index in [4.69, 9.17) is 0 Å². The van der Waals surface area contributed by atoms with Crippen molar-refractivity contribution in [3.05, 3.63) is 29.8 Å². The average Bonchev–Trinajstić information content (AvgIpc) is 2.31. The molecule has 1 N–H and O–H groups in total. The lowest BCUT2D eigenvalue weighted by molar-refractivity contribution is 0.602. The van der Waals surface area contributed by atoms with E-state index >= 15 is 0 Å². The Balaban J connectivity index is 2.49. The molecule has 1 atom stereocenters. The smallest absolute Gasteiger partial charge is 0.0156 e. The first kappa shape index (κ1) is 13.6. The Bertz CT molecular complexity index is 288. The van der Waals surface area contributed by atoms with Gasteiger partial charge in [0.25, 0.3) is 0 Å². The van der Waals surface area contributed by atoms with E-state index < -0.39 is 0 Å². The fourth-order valence-electron chi connectivity index (χ4n) is 1.55. The van der Waals surface area contributed by atoms with Gasteiger partial charge in [0, 0.05) is 16.7 Å². The molecule has 0 aliphatic carbocycles. The Morgan fingerprint density at radius 2 is 1.81 bits per heavy atom. The minimum absolute atomic E-state index is 0.620. The van der Waals surface area contributed by atoms with Crippen molar-refractivity contribution in [1.29, 1.82) is 0 Å². The number of rotatable bonds is 6. The van der Waals surface area contributed by atoms with Gasteiger partial charge in [0.05, 0.1) is 0 Å². The molecule has 0 aromatic heterocycles. The first-order valence-corrected chi connectivity index (χ1v) is 7.06. The van der Waals surface area contributed by atoms with Crippen LogP contribution in [0.2, 0.25) is 0 Å². The van der Waals surface area contributed by atoms with Gasteiger partial charge in [0.1, 0.15) is 0 Å². The van der Waals surface area contributed by atoms with Crippen molar-refractivity contribution in [3.8, 4) is 0 Å². The number of thioether (sulfide) groups is 1. The Morgan fingerprint density at radius 3 is 2.25 bits per heavy atom. The fraction of sp³-hybridized carbons (Fsp3) is 0.571. The molecule has 0 fully saturated rings. The van der Waals surface area contributed by atoms with Crippen LogP contribution in [-0.2, 0) is 0 Å². The summed E-state index contributed by atoms with van der Waals surface area (Å²) in [6.45, 7) is 6.69. The topological polar surface area (TPSA) is 12.0 Å². The van der Waals surface area contributed by atoms with Crippen LogP contribution >= 0.6 is 11.8 Å². The summed E-state index contributed by atoms with van der Waals surface area (Å²) in [6.07, 6.45) is 1.19. The zero-order chi connectivity index (χ0) is 12.0. The molecular formula is C14H23NS. The maximum atomic E-state index is 3.33. The van der Waals surface area contributed by atoms with E-state index in [-0.39, 0.29) is 0 Å². The lowest BCUT2D eigenvalue weighted by Gasteiger charge is -2.13. The molecule has 1 rings (SSSR count). The molecule has 2 heteroatoms.